The standard InChI is InChI=1S/C21H22FN3O4.CH4O/c22-17-7-5-15(6-8-17)9-23-13-24(10-14-3-1-2-4-14)25-11-16(12-26)19(27)20(28)18(25)21(23)29;1-2/h5-8,11-12,14,28H,1-4,9-10,13H2;2H,1H3. The predicted molar refractivity (Wildman–Crippen MR) is 112 cm³/mol. The van der Waals surface area contributed by atoms with Gasteiger partial charge in [-0.3, -0.25) is 24.1 Å². The quantitative estimate of drug-likeness (QED) is 0.701. The van der Waals surface area contributed by atoms with Crippen LogP contribution in [-0.4, -0.2) is 52.3 Å². The molecule has 8 nitrogen and oxygen atoms in total. The summed E-state index contributed by atoms with van der Waals surface area (Å²) in [4.78, 5) is 38.1. The number of rotatable bonds is 5. The van der Waals surface area contributed by atoms with Gasteiger partial charge in [0.1, 0.15) is 12.5 Å². The number of aromatic nitrogens is 1. The average Bonchev–Trinajstić information content (AvgIpc) is 3.29. The van der Waals surface area contributed by atoms with Crippen molar-refractivity contribution in [3.63, 3.8) is 0 Å². The molecule has 0 spiro atoms. The Labute approximate surface area is 179 Å². The Balaban J connectivity index is 0.00000132. The minimum Gasteiger partial charge on any atom is -0.502 e. The molecule has 0 unspecified atom stereocenters. The average molecular weight is 431 g/mol. The second-order valence-electron chi connectivity index (χ2n) is 7.68. The number of carbonyl (C=O) groups excluding carboxylic acids is 2. The second kappa shape index (κ2) is 9.74. The van der Waals surface area contributed by atoms with Crippen molar-refractivity contribution in [3.05, 3.63) is 63.3 Å². The van der Waals surface area contributed by atoms with E-state index in [0.29, 0.717) is 18.7 Å². The lowest BCUT2D eigenvalue weighted by atomic mass is 10.1. The highest BCUT2D eigenvalue weighted by Gasteiger charge is 2.34. The van der Waals surface area contributed by atoms with Crippen LogP contribution >= 0.6 is 0 Å². The zero-order valence-corrected chi connectivity index (χ0v) is 17.3. The number of aliphatic hydroxyl groups is 1. The van der Waals surface area contributed by atoms with Crippen LogP contribution in [0.5, 0.6) is 5.75 Å². The maximum Gasteiger partial charge on any atom is 0.278 e. The van der Waals surface area contributed by atoms with E-state index in [1.54, 1.807) is 12.1 Å². The Morgan fingerprint density at radius 2 is 1.77 bits per heavy atom. The summed E-state index contributed by atoms with van der Waals surface area (Å²) in [5, 5.41) is 19.3. The van der Waals surface area contributed by atoms with Gasteiger partial charge in [0.2, 0.25) is 5.43 Å². The lowest BCUT2D eigenvalue weighted by Gasteiger charge is -2.41. The first kappa shape index (κ1) is 22.5. The van der Waals surface area contributed by atoms with Gasteiger partial charge in [0.25, 0.3) is 5.91 Å². The van der Waals surface area contributed by atoms with Crippen molar-refractivity contribution >= 4 is 12.2 Å². The number of hydrogen-bond acceptors (Lipinski definition) is 6. The van der Waals surface area contributed by atoms with E-state index in [4.69, 9.17) is 5.11 Å². The van der Waals surface area contributed by atoms with Crippen LogP contribution in [0.4, 0.5) is 4.39 Å². The predicted octanol–water partition coefficient (Wildman–Crippen LogP) is 1.86. The van der Waals surface area contributed by atoms with Crippen molar-refractivity contribution in [1.82, 2.24) is 9.58 Å². The number of aldehydes is 1. The van der Waals surface area contributed by atoms with Crippen molar-refractivity contribution < 1.29 is 24.2 Å². The number of benzene rings is 1. The number of pyridine rings is 1. The largest absolute Gasteiger partial charge is 0.502 e. The van der Waals surface area contributed by atoms with Gasteiger partial charge in [0.15, 0.2) is 17.7 Å². The van der Waals surface area contributed by atoms with Crippen LogP contribution in [0, 0.1) is 11.7 Å². The minimum atomic E-state index is -0.857. The Kier molecular flexibility index (Phi) is 7.06. The van der Waals surface area contributed by atoms with Gasteiger partial charge in [0.05, 0.1) is 5.56 Å². The molecule has 166 valence electrons. The van der Waals surface area contributed by atoms with Crippen molar-refractivity contribution in [3.8, 4) is 5.75 Å². The first-order valence-corrected chi connectivity index (χ1v) is 10.2. The highest BCUT2D eigenvalue weighted by atomic mass is 19.1. The van der Waals surface area contributed by atoms with Crippen LogP contribution in [0.3, 0.4) is 0 Å². The van der Waals surface area contributed by atoms with E-state index in [1.165, 1.54) is 27.9 Å². The van der Waals surface area contributed by atoms with Crippen LogP contribution in [0.2, 0.25) is 0 Å². The highest BCUT2D eigenvalue weighted by Crippen LogP contribution is 2.28. The fourth-order valence-corrected chi connectivity index (χ4v) is 4.16. The molecule has 0 atom stereocenters. The summed E-state index contributed by atoms with van der Waals surface area (Å²) >= 11 is 0. The fourth-order valence-electron chi connectivity index (χ4n) is 4.16. The van der Waals surface area contributed by atoms with Gasteiger partial charge in [-0.2, -0.15) is 0 Å². The Bertz CT molecular complexity index is 999. The zero-order chi connectivity index (χ0) is 22.5. The number of aromatic hydroxyl groups is 1. The molecule has 1 aromatic carbocycles. The number of amides is 1. The molecule has 0 bridgehead atoms. The molecule has 2 aromatic rings. The van der Waals surface area contributed by atoms with Crippen LogP contribution < -0.4 is 10.4 Å². The van der Waals surface area contributed by atoms with E-state index >= 15 is 0 Å². The minimum absolute atomic E-state index is 0.146. The number of nitrogens with zero attached hydrogens (tertiary/aromatic N) is 3. The molecular weight excluding hydrogens is 405 g/mol. The van der Waals surface area contributed by atoms with Crippen LogP contribution in [0.1, 0.15) is 52.1 Å². The Hall–Kier alpha value is -3.20. The van der Waals surface area contributed by atoms with Gasteiger partial charge in [-0.15, -0.1) is 0 Å². The van der Waals surface area contributed by atoms with E-state index in [0.717, 1.165) is 38.4 Å². The van der Waals surface area contributed by atoms with Crippen LogP contribution in [0.25, 0.3) is 0 Å². The SMILES string of the molecule is CO.O=Cc1cn2c(c(O)c1=O)C(=O)N(Cc1ccc(F)cc1)CN2CC1CCCC1. The van der Waals surface area contributed by atoms with Gasteiger partial charge >= 0.3 is 0 Å². The maximum absolute atomic E-state index is 13.2. The molecule has 1 aliphatic heterocycles. The summed E-state index contributed by atoms with van der Waals surface area (Å²) in [7, 11) is 1.00. The molecular formula is C22H26FN3O5. The molecule has 31 heavy (non-hydrogen) atoms. The Morgan fingerprint density at radius 3 is 2.39 bits per heavy atom. The number of carbonyl (C=O) groups is 2. The summed E-state index contributed by atoms with van der Waals surface area (Å²) in [6.07, 6.45) is 6.16. The summed E-state index contributed by atoms with van der Waals surface area (Å²) in [5.74, 6) is -1.16. The summed E-state index contributed by atoms with van der Waals surface area (Å²) in [5.41, 5.74) is -0.459. The van der Waals surface area contributed by atoms with E-state index in [-0.39, 0.29) is 30.3 Å². The van der Waals surface area contributed by atoms with Gasteiger partial charge in [0, 0.05) is 26.4 Å². The first-order chi connectivity index (χ1) is 15.0. The third-order valence-corrected chi connectivity index (χ3v) is 5.68. The molecule has 2 heterocycles. The normalized spacial score (nSPS) is 16.0. The van der Waals surface area contributed by atoms with Crippen LogP contribution in [0.15, 0.2) is 35.3 Å². The smallest absolute Gasteiger partial charge is 0.278 e. The fraction of sp³-hybridized carbons (Fsp3) is 0.409. The highest BCUT2D eigenvalue weighted by molar-refractivity contribution is 5.96. The Morgan fingerprint density at radius 1 is 1.13 bits per heavy atom. The molecule has 2 N–H and O–H groups in total. The number of aliphatic hydroxyl groups excluding tert-OH is 1. The van der Waals surface area contributed by atoms with Crippen molar-refractivity contribution in [2.75, 3.05) is 25.3 Å². The molecule has 2 aliphatic rings. The van der Waals surface area contributed by atoms with Crippen molar-refractivity contribution in [2.45, 2.75) is 32.2 Å². The second-order valence-corrected chi connectivity index (χ2v) is 7.68. The molecule has 1 fully saturated rings. The zero-order valence-electron chi connectivity index (χ0n) is 17.3. The molecule has 1 aromatic heterocycles. The molecule has 1 aliphatic carbocycles. The maximum atomic E-state index is 13.2. The molecule has 0 saturated heterocycles. The number of fused-ring (bicyclic) bond motifs is 1. The van der Waals surface area contributed by atoms with Gasteiger partial charge in [-0.05, 0) is 36.5 Å². The van der Waals surface area contributed by atoms with Crippen molar-refractivity contribution in [1.29, 1.82) is 0 Å². The molecule has 9 heteroatoms. The lowest BCUT2D eigenvalue weighted by Crippen LogP contribution is -2.55. The molecule has 4 rings (SSSR count). The van der Waals surface area contributed by atoms with E-state index < -0.39 is 17.1 Å². The molecule has 0 radical (unpaired) electrons. The van der Waals surface area contributed by atoms with Crippen LogP contribution in [-0.2, 0) is 6.54 Å². The van der Waals surface area contributed by atoms with E-state index in [2.05, 4.69) is 0 Å². The third-order valence-electron chi connectivity index (χ3n) is 5.68. The molecule has 1 saturated carbocycles. The third kappa shape index (κ3) is 4.61. The van der Waals surface area contributed by atoms with Gasteiger partial charge in [-0.1, -0.05) is 25.0 Å². The van der Waals surface area contributed by atoms with Gasteiger partial charge < -0.3 is 15.1 Å². The van der Waals surface area contributed by atoms with E-state index in [1.807, 2.05) is 5.01 Å². The summed E-state index contributed by atoms with van der Waals surface area (Å²) < 4.78 is 14.7. The van der Waals surface area contributed by atoms with Crippen molar-refractivity contribution in [2.24, 2.45) is 5.92 Å². The summed E-state index contributed by atoms with van der Waals surface area (Å²) in [6.45, 7) is 1.09. The number of halogens is 1. The topological polar surface area (TPSA) is 103 Å². The van der Waals surface area contributed by atoms with E-state index in [9.17, 15) is 23.9 Å². The first-order valence-electron chi connectivity index (χ1n) is 10.2. The number of hydrogen-bond donors (Lipinski definition) is 2. The summed E-state index contributed by atoms with van der Waals surface area (Å²) in [6, 6.07) is 5.85. The molecule has 1 amide bonds. The monoisotopic (exact) mass is 431 g/mol. The van der Waals surface area contributed by atoms with Gasteiger partial charge in [-0.25, -0.2) is 4.39 Å². The lowest BCUT2D eigenvalue weighted by molar-refractivity contribution is 0.0667.